The molecule has 1 aliphatic carbocycles. The fraction of sp³-hybridized carbons (Fsp3) is 0.400. The number of aliphatic carboxylic acids is 1. The van der Waals surface area contributed by atoms with Crippen LogP contribution in [0.25, 0.3) is 6.08 Å². The zero-order valence-corrected chi connectivity index (χ0v) is 11.3. The molecule has 0 bridgehead atoms. The van der Waals surface area contributed by atoms with Crippen LogP contribution in [0.3, 0.4) is 0 Å². The Kier molecular flexibility index (Phi) is 4.37. The molecule has 1 heterocycles. The van der Waals surface area contributed by atoms with Gasteiger partial charge in [0, 0.05) is 5.41 Å². The number of carboxylic acids is 1. The lowest BCUT2D eigenvalue weighted by molar-refractivity contribution is -0.192. The van der Waals surface area contributed by atoms with Gasteiger partial charge < -0.3 is 10.4 Å². The van der Waals surface area contributed by atoms with Crippen molar-refractivity contribution in [1.82, 2.24) is 5.32 Å². The van der Waals surface area contributed by atoms with Crippen molar-refractivity contribution < 1.29 is 23.1 Å². The Morgan fingerprint density at radius 2 is 1.76 bits per heavy atom. The van der Waals surface area contributed by atoms with Crippen molar-refractivity contribution in [2.75, 3.05) is 13.1 Å². The molecule has 114 valence electrons. The first kappa shape index (κ1) is 15.6. The number of carbonyl (C=O) groups is 1. The van der Waals surface area contributed by atoms with E-state index in [2.05, 4.69) is 41.7 Å². The topological polar surface area (TPSA) is 49.3 Å². The third-order valence-corrected chi connectivity index (χ3v) is 3.82. The highest BCUT2D eigenvalue weighted by Crippen LogP contribution is 2.42. The lowest BCUT2D eigenvalue weighted by atomic mass is 9.75. The van der Waals surface area contributed by atoms with Gasteiger partial charge in [0.2, 0.25) is 0 Å². The number of allylic oxidation sites excluding steroid dienone is 1. The van der Waals surface area contributed by atoms with E-state index < -0.39 is 12.1 Å². The molecule has 1 aromatic carbocycles. The maximum Gasteiger partial charge on any atom is 0.490 e. The molecule has 0 saturated carbocycles. The summed E-state index contributed by atoms with van der Waals surface area (Å²) in [6, 6.07) is 8.81. The third-order valence-electron chi connectivity index (χ3n) is 3.82. The van der Waals surface area contributed by atoms with Gasteiger partial charge >= 0.3 is 12.1 Å². The Labute approximate surface area is 120 Å². The average molecular weight is 299 g/mol. The molecule has 2 N–H and O–H groups in total. The minimum Gasteiger partial charge on any atom is -0.475 e. The van der Waals surface area contributed by atoms with E-state index in [1.165, 1.54) is 18.4 Å². The van der Waals surface area contributed by atoms with Gasteiger partial charge in [-0.2, -0.15) is 13.2 Å². The Morgan fingerprint density at radius 3 is 2.33 bits per heavy atom. The summed E-state index contributed by atoms with van der Waals surface area (Å²) in [5, 5.41) is 10.6. The van der Waals surface area contributed by atoms with E-state index in [-0.39, 0.29) is 0 Å². The number of halogens is 3. The van der Waals surface area contributed by atoms with Gasteiger partial charge in [0.15, 0.2) is 0 Å². The average Bonchev–Trinajstić information content (AvgIpc) is 2.79. The fourth-order valence-corrected chi connectivity index (χ4v) is 2.74. The van der Waals surface area contributed by atoms with Crippen LogP contribution >= 0.6 is 0 Å². The van der Waals surface area contributed by atoms with Crippen LogP contribution in [-0.2, 0) is 10.2 Å². The summed E-state index contributed by atoms with van der Waals surface area (Å²) in [4.78, 5) is 8.90. The first-order valence-electron chi connectivity index (χ1n) is 6.65. The second kappa shape index (κ2) is 5.89. The van der Waals surface area contributed by atoms with Gasteiger partial charge in [-0.05, 0) is 37.1 Å². The van der Waals surface area contributed by atoms with Crippen LogP contribution in [0.5, 0.6) is 0 Å². The van der Waals surface area contributed by atoms with E-state index in [9.17, 15) is 13.2 Å². The number of carboxylic acid groups (broad SMARTS) is 1. The second-order valence-electron chi connectivity index (χ2n) is 5.13. The van der Waals surface area contributed by atoms with E-state index in [0.29, 0.717) is 5.41 Å². The molecule has 0 radical (unpaired) electrons. The Bertz CT molecular complexity index is 546. The molecule has 1 aromatic rings. The highest BCUT2D eigenvalue weighted by atomic mass is 19.4. The number of rotatable bonds is 0. The second-order valence-corrected chi connectivity index (χ2v) is 5.13. The van der Waals surface area contributed by atoms with Crippen molar-refractivity contribution in [3.63, 3.8) is 0 Å². The van der Waals surface area contributed by atoms with Crippen molar-refractivity contribution in [2.24, 2.45) is 0 Å². The molecule has 21 heavy (non-hydrogen) atoms. The van der Waals surface area contributed by atoms with Crippen molar-refractivity contribution >= 4 is 12.0 Å². The minimum atomic E-state index is -5.08. The number of alkyl halides is 3. The van der Waals surface area contributed by atoms with E-state index in [0.717, 1.165) is 13.1 Å². The highest BCUT2D eigenvalue weighted by molar-refractivity contribution is 5.73. The number of hydrogen-bond acceptors (Lipinski definition) is 2. The lowest BCUT2D eigenvalue weighted by Crippen LogP contribution is -2.37. The maximum absolute atomic E-state index is 10.6. The monoisotopic (exact) mass is 299 g/mol. The number of fused-ring (bicyclic) bond motifs is 2. The van der Waals surface area contributed by atoms with E-state index in [1.54, 1.807) is 5.56 Å². The standard InChI is InChI=1S/C13H15N.C2HF3O2/c1-2-4-12-11(3-1)5-6-13(12)7-9-14-10-8-13;3-2(4,5)1(6)7/h1-6,14H,7-10H2;(H,6,7). The zero-order valence-electron chi connectivity index (χ0n) is 11.3. The normalized spacial score (nSPS) is 18.8. The minimum absolute atomic E-state index is 0.363. The number of benzene rings is 1. The van der Waals surface area contributed by atoms with Gasteiger partial charge in [-0.3, -0.25) is 0 Å². The first-order valence-corrected chi connectivity index (χ1v) is 6.65. The van der Waals surface area contributed by atoms with Gasteiger partial charge in [-0.1, -0.05) is 36.4 Å². The molecule has 0 aromatic heterocycles. The van der Waals surface area contributed by atoms with E-state index in [4.69, 9.17) is 9.90 Å². The Balaban J connectivity index is 0.000000199. The molecular weight excluding hydrogens is 283 g/mol. The summed E-state index contributed by atoms with van der Waals surface area (Å²) in [6.45, 7) is 2.30. The zero-order chi connectivity index (χ0) is 15.5. The Hall–Kier alpha value is -1.82. The molecule has 2 aliphatic rings. The summed E-state index contributed by atoms with van der Waals surface area (Å²) >= 11 is 0. The van der Waals surface area contributed by atoms with Gasteiger partial charge in [-0.25, -0.2) is 4.79 Å². The van der Waals surface area contributed by atoms with Crippen molar-refractivity contribution in [3.8, 4) is 0 Å². The van der Waals surface area contributed by atoms with Gasteiger partial charge in [0.1, 0.15) is 0 Å². The summed E-state index contributed by atoms with van der Waals surface area (Å²) < 4.78 is 31.7. The molecule has 1 aliphatic heterocycles. The predicted molar refractivity (Wildman–Crippen MR) is 72.9 cm³/mol. The summed E-state index contributed by atoms with van der Waals surface area (Å²) in [5.74, 6) is -2.76. The highest BCUT2D eigenvalue weighted by Gasteiger charge is 2.38. The molecule has 3 rings (SSSR count). The number of nitrogens with one attached hydrogen (secondary N) is 1. The van der Waals surface area contributed by atoms with Crippen LogP contribution in [0.1, 0.15) is 24.0 Å². The quantitative estimate of drug-likeness (QED) is 0.774. The third kappa shape index (κ3) is 3.44. The van der Waals surface area contributed by atoms with Crippen LogP contribution in [0.4, 0.5) is 13.2 Å². The number of piperidine rings is 1. The van der Waals surface area contributed by atoms with E-state index >= 15 is 0 Å². The van der Waals surface area contributed by atoms with Crippen LogP contribution in [0.2, 0.25) is 0 Å². The van der Waals surface area contributed by atoms with Crippen LogP contribution < -0.4 is 5.32 Å². The van der Waals surface area contributed by atoms with Crippen molar-refractivity contribution in [1.29, 1.82) is 0 Å². The molecule has 1 saturated heterocycles. The summed E-state index contributed by atoms with van der Waals surface area (Å²) in [5.41, 5.74) is 3.33. The van der Waals surface area contributed by atoms with Crippen LogP contribution in [0, 0.1) is 0 Å². The van der Waals surface area contributed by atoms with Crippen molar-refractivity contribution in [3.05, 3.63) is 41.5 Å². The first-order chi connectivity index (χ1) is 9.85. The van der Waals surface area contributed by atoms with Crippen LogP contribution in [0.15, 0.2) is 30.3 Å². The lowest BCUT2D eigenvalue weighted by Gasteiger charge is -2.33. The largest absolute Gasteiger partial charge is 0.490 e. The maximum atomic E-state index is 10.6. The van der Waals surface area contributed by atoms with Gasteiger partial charge in [0.25, 0.3) is 0 Å². The number of hydrogen-bond donors (Lipinski definition) is 2. The molecule has 6 heteroatoms. The van der Waals surface area contributed by atoms with Gasteiger partial charge in [0.05, 0.1) is 0 Å². The molecule has 0 amide bonds. The SMILES string of the molecule is C1=CC2(CCNCC2)c2ccccc21.O=C(O)C(F)(F)F. The summed E-state index contributed by atoms with van der Waals surface area (Å²) in [6.07, 6.45) is 2.13. The fourth-order valence-electron chi connectivity index (χ4n) is 2.74. The smallest absolute Gasteiger partial charge is 0.475 e. The van der Waals surface area contributed by atoms with E-state index in [1.807, 2.05) is 0 Å². The Morgan fingerprint density at radius 1 is 1.19 bits per heavy atom. The van der Waals surface area contributed by atoms with Crippen molar-refractivity contribution in [2.45, 2.75) is 24.4 Å². The van der Waals surface area contributed by atoms with Crippen LogP contribution in [-0.4, -0.2) is 30.3 Å². The molecule has 1 fully saturated rings. The molecule has 0 unspecified atom stereocenters. The summed E-state index contributed by atoms with van der Waals surface area (Å²) in [7, 11) is 0. The molecule has 3 nitrogen and oxygen atoms in total. The molecule has 1 spiro atoms. The molecular formula is C15H16F3NO2. The van der Waals surface area contributed by atoms with Gasteiger partial charge in [-0.15, -0.1) is 0 Å². The molecule has 0 atom stereocenters. The predicted octanol–water partition coefficient (Wildman–Crippen LogP) is 2.97.